The highest BCUT2D eigenvalue weighted by Crippen LogP contribution is 2.24. The first-order valence-corrected chi connectivity index (χ1v) is 7.45. The smallest absolute Gasteiger partial charge is 0.170 e. The molecule has 0 amide bonds. The van der Waals surface area contributed by atoms with Gasteiger partial charge in [-0.25, -0.2) is 9.98 Å². The lowest BCUT2D eigenvalue weighted by molar-refractivity contribution is 0.594. The molecule has 4 heteroatoms. The van der Waals surface area contributed by atoms with Gasteiger partial charge in [0, 0.05) is 12.6 Å². The minimum Gasteiger partial charge on any atom is -0.286 e. The van der Waals surface area contributed by atoms with Crippen molar-refractivity contribution in [2.24, 2.45) is 4.99 Å². The molecule has 0 saturated heterocycles. The molecule has 19 heavy (non-hydrogen) atoms. The molecule has 0 unspecified atom stereocenters. The lowest BCUT2D eigenvalue weighted by atomic mass is 10.1. The van der Waals surface area contributed by atoms with Crippen LogP contribution in [-0.4, -0.2) is 10.8 Å². The topological polar surface area (TPSA) is 49.3 Å². The van der Waals surface area contributed by atoms with E-state index >= 15 is 0 Å². The Morgan fingerprint density at radius 2 is 1.79 bits per heavy atom. The van der Waals surface area contributed by atoms with Crippen molar-refractivity contribution in [1.29, 1.82) is 0 Å². The summed E-state index contributed by atoms with van der Waals surface area (Å²) >= 11 is 0. The summed E-state index contributed by atoms with van der Waals surface area (Å²) in [6.45, 7) is 2.26. The molecule has 4 nitrogen and oxygen atoms in total. The minimum atomic E-state index is 0.811. The van der Waals surface area contributed by atoms with Crippen LogP contribution in [0.1, 0.15) is 58.3 Å². The molecule has 0 bridgehead atoms. The predicted molar refractivity (Wildman–Crippen MR) is 80.7 cm³/mol. The zero-order valence-electron chi connectivity index (χ0n) is 11.8. The van der Waals surface area contributed by atoms with E-state index in [1.807, 2.05) is 12.1 Å². The van der Waals surface area contributed by atoms with Gasteiger partial charge in [0.25, 0.3) is 0 Å². The molecule has 1 aromatic heterocycles. The maximum atomic E-state index is 4.57. The molecule has 0 spiro atoms. The van der Waals surface area contributed by atoms with E-state index in [2.05, 4.69) is 27.8 Å². The molecule has 2 rings (SSSR count). The van der Waals surface area contributed by atoms with Crippen molar-refractivity contribution in [1.82, 2.24) is 10.4 Å². The Balaban J connectivity index is 1.66. The Morgan fingerprint density at radius 3 is 2.63 bits per heavy atom. The van der Waals surface area contributed by atoms with E-state index in [4.69, 9.17) is 0 Å². The van der Waals surface area contributed by atoms with Gasteiger partial charge in [0.15, 0.2) is 5.82 Å². The number of anilines is 1. The molecule has 0 aliphatic carbocycles. The summed E-state index contributed by atoms with van der Waals surface area (Å²) in [5.41, 5.74) is 7.14. The third kappa shape index (κ3) is 4.54. The Bertz CT molecular complexity index is 414. The van der Waals surface area contributed by atoms with Gasteiger partial charge in [-0.2, -0.15) is 0 Å². The number of hydrogen-bond acceptors (Lipinski definition) is 4. The second-order valence-electron chi connectivity index (χ2n) is 5.05. The summed E-state index contributed by atoms with van der Waals surface area (Å²) in [5.74, 6) is 1.83. The summed E-state index contributed by atoms with van der Waals surface area (Å²) in [7, 11) is 0. The second-order valence-corrected chi connectivity index (χ2v) is 5.05. The van der Waals surface area contributed by atoms with Crippen LogP contribution < -0.4 is 10.9 Å². The van der Waals surface area contributed by atoms with E-state index in [9.17, 15) is 0 Å². The molecule has 2 heterocycles. The number of hydrogen-bond donors (Lipinski definition) is 2. The summed E-state index contributed by atoms with van der Waals surface area (Å²) in [6, 6.07) is 3.90. The maximum Gasteiger partial charge on any atom is 0.170 e. The van der Waals surface area contributed by atoms with Gasteiger partial charge in [0.05, 0.1) is 0 Å². The second kappa shape index (κ2) is 7.77. The van der Waals surface area contributed by atoms with Crippen molar-refractivity contribution >= 4 is 17.3 Å². The zero-order chi connectivity index (χ0) is 13.3. The molecule has 104 valence electrons. The highest BCUT2D eigenvalue weighted by molar-refractivity contribution is 5.89. The SMILES string of the molecule is CCCCCCCCCC1=Nc2cccnc2NN1. The summed E-state index contributed by atoms with van der Waals surface area (Å²) in [4.78, 5) is 8.78. The Hall–Kier alpha value is -1.58. The van der Waals surface area contributed by atoms with Crippen molar-refractivity contribution in [2.45, 2.75) is 58.3 Å². The first kappa shape index (κ1) is 13.8. The number of aliphatic imine (C=N–C) groups is 1. The molecule has 2 N–H and O–H groups in total. The Kier molecular flexibility index (Phi) is 5.66. The van der Waals surface area contributed by atoms with Crippen molar-refractivity contribution in [3.05, 3.63) is 18.3 Å². The molecular formula is C15H24N4. The fourth-order valence-corrected chi connectivity index (χ4v) is 2.26. The van der Waals surface area contributed by atoms with Crippen molar-refractivity contribution in [3.63, 3.8) is 0 Å². The van der Waals surface area contributed by atoms with Crippen LogP contribution in [0.15, 0.2) is 23.3 Å². The predicted octanol–water partition coefficient (Wildman–Crippen LogP) is 4.18. The van der Waals surface area contributed by atoms with Crippen molar-refractivity contribution in [2.75, 3.05) is 5.43 Å². The zero-order valence-corrected chi connectivity index (χ0v) is 11.8. The van der Waals surface area contributed by atoms with Gasteiger partial charge < -0.3 is 0 Å². The van der Waals surface area contributed by atoms with Gasteiger partial charge in [-0.3, -0.25) is 10.9 Å². The molecule has 0 aromatic carbocycles. The van der Waals surface area contributed by atoms with Crippen molar-refractivity contribution < 1.29 is 0 Å². The lowest BCUT2D eigenvalue weighted by Gasteiger charge is -2.18. The van der Waals surface area contributed by atoms with Gasteiger partial charge in [0.1, 0.15) is 11.5 Å². The Morgan fingerprint density at radius 1 is 1.00 bits per heavy atom. The average molecular weight is 260 g/mol. The molecule has 0 saturated carbocycles. The van der Waals surface area contributed by atoms with E-state index in [-0.39, 0.29) is 0 Å². The fourth-order valence-electron chi connectivity index (χ4n) is 2.26. The maximum absolute atomic E-state index is 4.57. The van der Waals surface area contributed by atoms with Crippen LogP contribution in [0.25, 0.3) is 0 Å². The molecular weight excluding hydrogens is 236 g/mol. The highest BCUT2D eigenvalue weighted by Gasteiger charge is 2.10. The van der Waals surface area contributed by atoms with Crippen LogP contribution >= 0.6 is 0 Å². The van der Waals surface area contributed by atoms with Gasteiger partial charge in [-0.1, -0.05) is 45.4 Å². The normalized spacial score (nSPS) is 13.2. The van der Waals surface area contributed by atoms with E-state index in [1.54, 1.807) is 6.20 Å². The van der Waals surface area contributed by atoms with E-state index < -0.39 is 0 Å². The van der Waals surface area contributed by atoms with Crippen LogP contribution in [-0.2, 0) is 0 Å². The fraction of sp³-hybridized carbons (Fsp3) is 0.600. The molecule has 1 aliphatic heterocycles. The van der Waals surface area contributed by atoms with Gasteiger partial charge in [-0.15, -0.1) is 0 Å². The van der Waals surface area contributed by atoms with E-state index in [1.165, 1.54) is 44.9 Å². The first-order chi connectivity index (χ1) is 9.40. The van der Waals surface area contributed by atoms with Crippen LogP contribution in [0.2, 0.25) is 0 Å². The van der Waals surface area contributed by atoms with Gasteiger partial charge in [0.2, 0.25) is 0 Å². The van der Waals surface area contributed by atoms with Crippen LogP contribution in [0.5, 0.6) is 0 Å². The molecule has 0 radical (unpaired) electrons. The van der Waals surface area contributed by atoms with Crippen LogP contribution in [0.3, 0.4) is 0 Å². The number of amidine groups is 1. The monoisotopic (exact) mass is 260 g/mol. The van der Waals surface area contributed by atoms with Crippen LogP contribution in [0.4, 0.5) is 11.5 Å². The third-order valence-corrected chi connectivity index (χ3v) is 3.38. The number of nitrogens with zero attached hydrogens (tertiary/aromatic N) is 2. The summed E-state index contributed by atoms with van der Waals surface area (Å²) in [6.07, 6.45) is 12.1. The Labute approximate surface area is 115 Å². The number of hydrazine groups is 1. The highest BCUT2D eigenvalue weighted by atomic mass is 15.4. The van der Waals surface area contributed by atoms with Gasteiger partial charge in [-0.05, 0) is 18.6 Å². The molecule has 0 atom stereocenters. The summed E-state index contributed by atoms with van der Waals surface area (Å²) in [5, 5.41) is 0. The number of pyridine rings is 1. The molecule has 1 aromatic rings. The quantitative estimate of drug-likeness (QED) is 0.689. The molecule has 1 aliphatic rings. The first-order valence-electron chi connectivity index (χ1n) is 7.45. The number of unbranched alkanes of at least 4 members (excludes halogenated alkanes) is 6. The summed E-state index contributed by atoms with van der Waals surface area (Å²) < 4.78 is 0. The number of nitrogens with one attached hydrogen (secondary N) is 2. The number of rotatable bonds is 8. The van der Waals surface area contributed by atoms with E-state index in [0.29, 0.717) is 0 Å². The van der Waals surface area contributed by atoms with Crippen LogP contribution in [0, 0.1) is 0 Å². The third-order valence-electron chi connectivity index (χ3n) is 3.38. The van der Waals surface area contributed by atoms with Gasteiger partial charge >= 0.3 is 0 Å². The standard InChI is InChI=1S/C15H24N4/c1-2-3-4-5-6-7-8-11-14-17-13-10-9-12-16-15(13)19-18-14/h9-10,12H,2-8,11H2,1H3,(H,16,19)(H,17,18). The minimum absolute atomic E-state index is 0.811. The largest absolute Gasteiger partial charge is 0.286 e. The lowest BCUT2D eigenvalue weighted by Crippen LogP contribution is -2.32. The number of fused-ring (bicyclic) bond motifs is 1. The molecule has 0 fully saturated rings. The van der Waals surface area contributed by atoms with E-state index in [0.717, 1.165) is 23.8 Å². The number of aromatic nitrogens is 1. The average Bonchev–Trinajstić information content (AvgIpc) is 2.46. The van der Waals surface area contributed by atoms with Crippen molar-refractivity contribution in [3.8, 4) is 0 Å².